The van der Waals surface area contributed by atoms with E-state index >= 15 is 0 Å². The Morgan fingerprint density at radius 1 is 1.36 bits per heavy atom. The van der Waals surface area contributed by atoms with Crippen LogP contribution in [0.4, 0.5) is 5.82 Å². The molecule has 0 saturated carbocycles. The van der Waals surface area contributed by atoms with Gasteiger partial charge in [-0.15, -0.1) is 11.3 Å². The van der Waals surface area contributed by atoms with Gasteiger partial charge in [-0.1, -0.05) is 6.07 Å². The van der Waals surface area contributed by atoms with E-state index in [-0.39, 0.29) is 10.7 Å². The average molecular weight is 312 g/mol. The molecule has 22 heavy (non-hydrogen) atoms. The maximum Gasteiger partial charge on any atom is 0.345 e. The predicted octanol–water partition coefficient (Wildman–Crippen LogP) is 2.45. The van der Waals surface area contributed by atoms with Gasteiger partial charge in [0.2, 0.25) is 0 Å². The van der Waals surface area contributed by atoms with Crippen molar-refractivity contribution >= 4 is 39.2 Å². The third-order valence-corrected chi connectivity index (χ3v) is 4.06. The second kappa shape index (κ2) is 5.31. The number of aromatic nitrogens is 2. The monoisotopic (exact) mass is 312 g/mol. The molecule has 0 radical (unpaired) electrons. The number of aromatic carboxylic acids is 1. The van der Waals surface area contributed by atoms with E-state index < -0.39 is 11.9 Å². The first-order valence-electron chi connectivity index (χ1n) is 6.11. The van der Waals surface area contributed by atoms with Crippen molar-refractivity contribution in [3.63, 3.8) is 0 Å². The first kappa shape index (κ1) is 13.8. The van der Waals surface area contributed by atoms with Crippen molar-refractivity contribution in [3.8, 4) is 6.07 Å². The summed E-state index contributed by atoms with van der Waals surface area (Å²) in [4.78, 5) is 23.3. The molecular weight excluding hydrogens is 304 g/mol. The zero-order valence-electron chi connectivity index (χ0n) is 11.0. The zero-order chi connectivity index (χ0) is 15.7. The molecule has 0 aliphatic rings. The number of fused-ring (bicyclic) bond motifs is 1. The molecule has 0 atom stereocenters. The van der Waals surface area contributed by atoms with Crippen molar-refractivity contribution in [2.24, 2.45) is 0 Å². The van der Waals surface area contributed by atoms with Crippen LogP contribution in [0, 0.1) is 11.3 Å². The van der Waals surface area contributed by atoms with Crippen molar-refractivity contribution in [2.45, 2.75) is 0 Å². The second-order valence-corrected chi connectivity index (χ2v) is 5.43. The Morgan fingerprint density at radius 3 is 2.91 bits per heavy atom. The maximum absolute atomic E-state index is 12.2. The molecule has 8 heteroatoms. The van der Waals surface area contributed by atoms with Crippen LogP contribution in [0.1, 0.15) is 25.6 Å². The number of carboxylic acids is 1. The van der Waals surface area contributed by atoms with Crippen molar-refractivity contribution in [2.75, 3.05) is 5.32 Å². The number of hydrogen-bond donors (Lipinski definition) is 3. The highest BCUT2D eigenvalue weighted by Crippen LogP contribution is 2.30. The van der Waals surface area contributed by atoms with Gasteiger partial charge in [-0.25, -0.2) is 4.79 Å². The van der Waals surface area contributed by atoms with Crippen LogP contribution in [-0.2, 0) is 0 Å². The summed E-state index contributed by atoms with van der Waals surface area (Å²) in [6.45, 7) is 0. The summed E-state index contributed by atoms with van der Waals surface area (Å²) in [5, 5.41) is 27.1. The Labute approximate surface area is 127 Å². The van der Waals surface area contributed by atoms with Gasteiger partial charge >= 0.3 is 5.97 Å². The third kappa shape index (κ3) is 2.41. The minimum absolute atomic E-state index is 0.158. The molecule has 2 heterocycles. The van der Waals surface area contributed by atoms with E-state index in [1.807, 2.05) is 6.07 Å². The first-order chi connectivity index (χ1) is 10.6. The van der Waals surface area contributed by atoms with Gasteiger partial charge in [-0.2, -0.15) is 10.4 Å². The van der Waals surface area contributed by atoms with Gasteiger partial charge in [-0.05, 0) is 24.3 Å². The highest BCUT2D eigenvalue weighted by Gasteiger charge is 2.16. The Hall–Kier alpha value is -3.18. The van der Waals surface area contributed by atoms with E-state index in [1.165, 1.54) is 12.1 Å². The molecule has 0 spiro atoms. The number of rotatable bonds is 3. The van der Waals surface area contributed by atoms with Crippen LogP contribution in [0.2, 0.25) is 0 Å². The average Bonchev–Trinajstić information content (AvgIpc) is 3.09. The van der Waals surface area contributed by atoms with Gasteiger partial charge in [0.05, 0.1) is 21.8 Å². The lowest BCUT2D eigenvalue weighted by Crippen LogP contribution is -2.12. The van der Waals surface area contributed by atoms with Crippen LogP contribution in [-0.4, -0.2) is 27.2 Å². The summed E-state index contributed by atoms with van der Waals surface area (Å²) in [7, 11) is 0. The van der Waals surface area contributed by atoms with Gasteiger partial charge < -0.3 is 10.4 Å². The fraction of sp³-hybridized carbons (Fsp3) is 0. The smallest absolute Gasteiger partial charge is 0.345 e. The molecule has 1 aromatic carbocycles. The van der Waals surface area contributed by atoms with E-state index in [2.05, 4.69) is 15.5 Å². The van der Waals surface area contributed by atoms with Crippen LogP contribution in [0.25, 0.3) is 10.2 Å². The number of nitriles is 1. The molecule has 2 aromatic heterocycles. The van der Waals surface area contributed by atoms with Crippen LogP contribution < -0.4 is 5.32 Å². The maximum atomic E-state index is 12.2. The zero-order valence-corrected chi connectivity index (χ0v) is 11.8. The number of hydrogen-bond acceptors (Lipinski definition) is 5. The molecule has 0 saturated heterocycles. The Kier molecular flexibility index (Phi) is 3.33. The molecule has 1 amide bonds. The van der Waals surface area contributed by atoms with Crippen LogP contribution in [0.5, 0.6) is 0 Å². The number of amides is 1. The predicted molar refractivity (Wildman–Crippen MR) is 80.0 cm³/mol. The summed E-state index contributed by atoms with van der Waals surface area (Å²) >= 11 is 1.02. The van der Waals surface area contributed by atoms with Gasteiger partial charge in [0, 0.05) is 5.56 Å². The van der Waals surface area contributed by atoms with E-state index in [1.54, 1.807) is 18.2 Å². The molecule has 3 aromatic rings. The summed E-state index contributed by atoms with van der Waals surface area (Å²) in [5.41, 5.74) is 1.25. The number of carbonyl (C=O) groups is 2. The summed E-state index contributed by atoms with van der Waals surface area (Å²) in [6, 6.07) is 9.68. The third-order valence-electron chi connectivity index (χ3n) is 2.93. The number of nitrogens with one attached hydrogen (secondary N) is 2. The molecule has 0 unspecified atom stereocenters. The van der Waals surface area contributed by atoms with E-state index in [9.17, 15) is 9.59 Å². The molecule has 108 valence electrons. The molecule has 3 rings (SSSR count). The number of nitrogens with zero attached hydrogens (tertiary/aromatic N) is 2. The van der Waals surface area contributed by atoms with Crippen molar-refractivity contribution in [1.29, 1.82) is 5.26 Å². The van der Waals surface area contributed by atoms with E-state index in [0.717, 1.165) is 11.3 Å². The standard InChI is InChI=1S/C14H8N4O3S/c15-6-7-2-1-3-8(4-7)13(19)16-12-11-9(17-18-12)5-10(22-11)14(20)21/h1-5H,(H,20,21)(H2,16,17,18,19). The van der Waals surface area contributed by atoms with E-state index in [4.69, 9.17) is 10.4 Å². The quantitative estimate of drug-likeness (QED) is 0.686. The van der Waals surface area contributed by atoms with Gasteiger partial charge in [0.1, 0.15) is 4.88 Å². The number of H-pyrrole nitrogens is 1. The minimum Gasteiger partial charge on any atom is -0.477 e. The lowest BCUT2D eigenvalue weighted by atomic mass is 10.1. The van der Waals surface area contributed by atoms with Gasteiger partial charge in [0.25, 0.3) is 5.91 Å². The highest BCUT2D eigenvalue weighted by atomic mass is 32.1. The molecule has 3 N–H and O–H groups in total. The molecule has 7 nitrogen and oxygen atoms in total. The second-order valence-electron chi connectivity index (χ2n) is 4.38. The lowest BCUT2D eigenvalue weighted by molar-refractivity contribution is 0.0702. The number of carboxylic acid groups (broad SMARTS) is 1. The normalized spacial score (nSPS) is 10.3. The number of anilines is 1. The number of aromatic amines is 1. The van der Waals surface area contributed by atoms with Crippen molar-refractivity contribution in [1.82, 2.24) is 10.2 Å². The molecular formula is C14H8N4O3S. The minimum atomic E-state index is -1.03. The fourth-order valence-electron chi connectivity index (χ4n) is 1.92. The summed E-state index contributed by atoms with van der Waals surface area (Å²) < 4.78 is 0.558. The number of carbonyl (C=O) groups excluding carboxylic acids is 1. The van der Waals surface area contributed by atoms with Crippen molar-refractivity contribution < 1.29 is 14.7 Å². The first-order valence-corrected chi connectivity index (χ1v) is 6.93. The largest absolute Gasteiger partial charge is 0.477 e. The molecule has 0 aliphatic carbocycles. The number of benzene rings is 1. The Bertz CT molecular complexity index is 935. The van der Waals surface area contributed by atoms with Gasteiger partial charge in [0.15, 0.2) is 5.82 Å². The van der Waals surface area contributed by atoms with Crippen LogP contribution in [0.15, 0.2) is 30.3 Å². The molecule has 0 bridgehead atoms. The van der Waals surface area contributed by atoms with E-state index in [0.29, 0.717) is 21.3 Å². The van der Waals surface area contributed by atoms with Crippen LogP contribution >= 0.6 is 11.3 Å². The Morgan fingerprint density at radius 2 is 2.18 bits per heavy atom. The fourth-order valence-corrected chi connectivity index (χ4v) is 2.81. The topological polar surface area (TPSA) is 119 Å². The summed E-state index contributed by atoms with van der Waals surface area (Å²) in [6.07, 6.45) is 0. The Balaban J connectivity index is 1.90. The van der Waals surface area contributed by atoms with Gasteiger partial charge in [-0.3, -0.25) is 9.89 Å². The van der Waals surface area contributed by atoms with Crippen LogP contribution in [0.3, 0.4) is 0 Å². The molecule has 0 fully saturated rings. The summed E-state index contributed by atoms with van der Waals surface area (Å²) in [5.74, 6) is -1.19. The highest BCUT2D eigenvalue weighted by molar-refractivity contribution is 7.21. The SMILES string of the molecule is N#Cc1cccc(C(=O)Nc2n[nH]c3cc(C(=O)O)sc23)c1. The lowest BCUT2D eigenvalue weighted by Gasteiger charge is -2.02. The molecule has 0 aliphatic heterocycles. The van der Waals surface area contributed by atoms with Crippen molar-refractivity contribution in [3.05, 3.63) is 46.3 Å². The number of thiophene rings is 1.